The lowest BCUT2D eigenvalue weighted by atomic mass is 10.2. The van der Waals surface area contributed by atoms with Gasteiger partial charge in [0.15, 0.2) is 6.04 Å². The van der Waals surface area contributed by atoms with E-state index in [2.05, 4.69) is 4.74 Å². The number of nitrogens with zero attached hydrogens (tertiary/aromatic N) is 1. The molecule has 1 aromatic carbocycles. The molecule has 1 amide bonds. The van der Waals surface area contributed by atoms with Crippen LogP contribution in [0.3, 0.4) is 0 Å². The van der Waals surface area contributed by atoms with Crippen LogP contribution in [0.1, 0.15) is 5.56 Å². The molecule has 1 saturated heterocycles. The number of hydrogen-bond acceptors (Lipinski definition) is 3. The highest BCUT2D eigenvalue weighted by Gasteiger charge is 2.38. The van der Waals surface area contributed by atoms with Gasteiger partial charge >= 0.3 is 12.1 Å². The predicted molar refractivity (Wildman–Crippen MR) is 59.7 cm³/mol. The lowest BCUT2D eigenvalue weighted by molar-refractivity contribution is -0.141. The Kier molecular flexibility index (Phi) is 3.38. The number of halogens is 2. The van der Waals surface area contributed by atoms with Crippen LogP contribution in [0, 0.1) is 5.82 Å². The van der Waals surface area contributed by atoms with Gasteiger partial charge in [-0.05, 0) is 18.2 Å². The molecule has 1 unspecified atom stereocenters. The van der Waals surface area contributed by atoms with Gasteiger partial charge in [0.2, 0.25) is 0 Å². The third kappa shape index (κ3) is 2.38. The lowest BCUT2D eigenvalue weighted by Gasteiger charge is -2.18. The fourth-order valence-corrected chi connectivity index (χ4v) is 1.87. The van der Waals surface area contributed by atoms with Crippen molar-refractivity contribution in [3.63, 3.8) is 0 Å². The van der Waals surface area contributed by atoms with Crippen LogP contribution in [0.5, 0.6) is 0 Å². The van der Waals surface area contributed by atoms with Crippen LogP contribution in [0.4, 0.5) is 9.18 Å². The Labute approximate surface area is 107 Å². The number of aliphatic carboxylic acids is 1. The summed E-state index contributed by atoms with van der Waals surface area (Å²) in [6.07, 6.45) is -0.776. The van der Waals surface area contributed by atoms with Crippen molar-refractivity contribution in [3.8, 4) is 0 Å². The summed E-state index contributed by atoms with van der Waals surface area (Å²) in [5.74, 6) is -1.74. The minimum Gasteiger partial charge on any atom is -0.480 e. The van der Waals surface area contributed by atoms with Crippen molar-refractivity contribution in [2.24, 2.45) is 0 Å². The second-order valence-electron chi connectivity index (χ2n) is 3.79. The fourth-order valence-electron chi connectivity index (χ4n) is 1.68. The van der Waals surface area contributed by atoms with E-state index in [9.17, 15) is 14.0 Å². The average molecular weight is 274 g/mol. The molecule has 0 spiro atoms. The van der Waals surface area contributed by atoms with Crippen LogP contribution in [0.15, 0.2) is 18.2 Å². The smallest absolute Gasteiger partial charge is 0.411 e. The third-order valence-corrected chi connectivity index (χ3v) is 2.84. The topological polar surface area (TPSA) is 66.8 Å². The molecular weight excluding hydrogens is 265 g/mol. The molecular formula is C11H9ClFNO4. The van der Waals surface area contributed by atoms with Gasteiger partial charge in [0.05, 0.1) is 6.54 Å². The van der Waals surface area contributed by atoms with Gasteiger partial charge in [-0.1, -0.05) is 11.6 Å². The Morgan fingerprint density at radius 1 is 1.61 bits per heavy atom. The fraction of sp³-hybridized carbons (Fsp3) is 0.273. The van der Waals surface area contributed by atoms with Crippen molar-refractivity contribution in [3.05, 3.63) is 34.6 Å². The maximum atomic E-state index is 13.5. The second kappa shape index (κ2) is 4.81. The van der Waals surface area contributed by atoms with E-state index in [-0.39, 0.29) is 18.7 Å². The first-order valence-corrected chi connectivity index (χ1v) is 5.47. The molecule has 0 aliphatic carbocycles. The number of carbonyl (C=O) groups is 2. The summed E-state index contributed by atoms with van der Waals surface area (Å²) in [7, 11) is 0. The molecule has 7 heteroatoms. The molecule has 0 aromatic heterocycles. The molecule has 18 heavy (non-hydrogen) atoms. The zero-order valence-corrected chi connectivity index (χ0v) is 9.85. The SMILES string of the molecule is O=C(O)C1COC(=O)N1Cc1cc(Cl)ccc1F. The zero-order valence-electron chi connectivity index (χ0n) is 9.10. The van der Waals surface area contributed by atoms with E-state index in [1.807, 2.05) is 0 Å². The van der Waals surface area contributed by atoms with Crippen LogP contribution in [-0.2, 0) is 16.1 Å². The molecule has 1 atom stereocenters. The van der Waals surface area contributed by atoms with Crippen LogP contribution in [0.2, 0.25) is 5.02 Å². The summed E-state index contributed by atoms with van der Waals surface area (Å²) >= 11 is 5.72. The van der Waals surface area contributed by atoms with E-state index in [1.165, 1.54) is 12.1 Å². The largest absolute Gasteiger partial charge is 0.480 e. The normalized spacial score (nSPS) is 18.9. The minimum absolute atomic E-state index is 0.146. The summed E-state index contributed by atoms with van der Waals surface area (Å²) in [5.41, 5.74) is 0.146. The Bertz CT molecular complexity index is 508. The molecule has 0 saturated carbocycles. The van der Waals surface area contributed by atoms with Crippen LogP contribution in [-0.4, -0.2) is 34.7 Å². The van der Waals surface area contributed by atoms with Crippen LogP contribution >= 0.6 is 11.6 Å². The lowest BCUT2D eigenvalue weighted by Crippen LogP contribution is -2.39. The molecule has 1 fully saturated rings. The Morgan fingerprint density at radius 2 is 2.33 bits per heavy atom. The summed E-state index contributed by atoms with van der Waals surface area (Å²) in [6.45, 7) is -0.432. The van der Waals surface area contributed by atoms with Gasteiger partial charge in [-0.3, -0.25) is 4.90 Å². The molecule has 1 N–H and O–H groups in total. The van der Waals surface area contributed by atoms with Crippen molar-refractivity contribution < 1.29 is 23.8 Å². The molecule has 2 rings (SSSR count). The summed E-state index contributed by atoms with van der Waals surface area (Å²) in [6, 6.07) is 2.78. The van der Waals surface area contributed by atoms with Crippen molar-refractivity contribution in [2.75, 3.05) is 6.61 Å². The molecule has 0 bridgehead atoms. The monoisotopic (exact) mass is 273 g/mol. The number of cyclic esters (lactones) is 1. The van der Waals surface area contributed by atoms with Crippen LogP contribution in [0.25, 0.3) is 0 Å². The Hall–Kier alpha value is -1.82. The van der Waals surface area contributed by atoms with Gasteiger partial charge in [0.1, 0.15) is 12.4 Å². The molecule has 1 aliphatic rings. The molecule has 96 valence electrons. The van der Waals surface area contributed by atoms with E-state index in [1.54, 1.807) is 0 Å². The predicted octanol–water partition coefficient (Wildman–Crippen LogP) is 1.88. The van der Waals surface area contributed by atoms with Crippen molar-refractivity contribution >= 4 is 23.7 Å². The summed E-state index contributed by atoms with van der Waals surface area (Å²) < 4.78 is 18.1. The molecule has 1 heterocycles. The quantitative estimate of drug-likeness (QED) is 0.913. The number of carboxylic acid groups (broad SMARTS) is 1. The summed E-state index contributed by atoms with van der Waals surface area (Å²) in [4.78, 5) is 23.2. The first kappa shape index (κ1) is 12.6. The van der Waals surface area contributed by atoms with Crippen molar-refractivity contribution in [2.45, 2.75) is 12.6 Å². The molecule has 5 nitrogen and oxygen atoms in total. The number of amides is 1. The zero-order chi connectivity index (χ0) is 13.3. The number of carboxylic acids is 1. The van der Waals surface area contributed by atoms with E-state index < -0.39 is 23.9 Å². The van der Waals surface area contributed by atoms with Gasteiger partial charge in [-0.25, -0.2) is 14.0 Å². The first-order chi connectivity index (χ1) is 8.49. The average Bonchev–Trinajstić information content (AvgIpc) is 2.66. The number of hydrogen-bond donors (Lipinski definition) is 1. The number of carbonyl (C=O) groups excluding carboxylic acids is 1. The van der Waals surface area contributed by atoms with E-state index in [0.717, 1.165) is 11.0 Å². The maximum absolute atomic E-state index is 13.5. The number of benzene rings is 1. The molecule has 1 aromatic rings. The molecule has 1 aliphatic heterocycles. The van der Waals surface area contributed by atoms with Crippen molar-refractivity contribution in [1.82, 2.24) is 4.90 Å². The van der Waals surface area contributed by atoms with Crippen LogP contribution < -0.4 is 0 Å². The van der Waals surface area contributed by atoms with Crippen molar-refractivity contribution in [1.29, 1.82) is 0 Å². The highest BCUT2D eigenvalue weighted by Crippen LogP contribution is 2.21. The number of ether oxygens (including phenoxy) is 1. The first-order valence-electron chi connectivity index (χ1n) is 5.09. The van der Waals surface area contributed by atoms with Gasteiger partial charge < -0.3 is 9.84 Å². The standard InChI is InChI=1S/C11H9ClFNO4/c12-7-1-2-8(13)6(3-7)4-14-9(10(15)16)5-18-11(14)17/h1-3,9H,4-5H2,(H,15,16). The Morgan fingerprint density at radius 3 is 3.00 bits per heavy atom. The minimum atomic E-state index is -1.19. The number of rotatable bonds is 3. The highest BCUT2D eigenvalue weighted by atomic mass is 35.5. The Balaban J connectivity index is 2.24. The van der Waals surface area contributed by atoms with E-state index in [4.69, 9.17) is 16.7 Å². The van der Waals surface area contributed by atoms with E-state index >= 15 is 0 Å². The van der Waals surface area contributed by atoms with E-state index in [0.29, 0.717) is 5.02 Å². The third-order valence-electron chi connectivity index (χ3n) is 2.61. The van der Waals surface area contributed by atoms with Gasteiger partial charge in [0, 0.05) is 10.6 Å². The second-order valence-corrected chi connectivity index (χ2v) is 4.23. The maximum Gasteiger partial charge on any atom is 0.411 e. The highest BCUT2D eigenvalue weighted by molar-refractivity contribution is 6.30. The van der Waals surface area contributed by atoms with Gasteiger partial charge in [-0.2, -0.15) is 0 Å². The van der Waals surface area contributed by atoms with Gasteiger partial charge in [0.25, 0.3) is 0 Å². The molecule has 0 radical (unpaired) electrons. The van der Waals surface area contributed by atoms with Gasteiger partial charge in [-0.15, -0.1) is 0 Å². The summed E-state index contributed by atoms with van der Waals surface area (Å²) in [5, 5.41) is 9.22.